The second-order valence-corrected chi connectivity index (χ2v) is 6.47. The lowest BCUT2D eigenvalue weighted by Gasteiger charge is -2.32. The second-order valence-electron chi connectivity index (χ2n) is 6.47. The first-order valence-corrected chi connectivity index (χ1v) is 8.55. The molecule has 1 fully saturated rings. The zero-order valence-corrected chi connectivity index (χ0v) is 15.2. The Bertz CT molecular complexity index is 920. The number of anilines is 1. The Hall–Kier alpha value is -3.24. The van der Waals surface area contributed by atoms with Crippen molar-refractivity contribution in [3.63, 3.8) is 0 Å². The van der Waals surface area contributed by atoms with E-state index in [-0.39, 0.29) is 16.8 Å². The Balaban J connectivity index is 2.01. The Labute approximate surface area is 157 Å². The number of para-hydroxylation sites is 1. The standard InChI is InChI=1S/C20H20FN5O/c1-25-8-9-26(2)19(13-25)24-18-11-17(21)14(12-22)10-16(18)20(27)23-15-6-4-3-5-7-15/h3-7,10-11H,8-9,13H2,1-2H3,(H,23,27)/b24-19-. The molecule has 1 heterocycles. The number of hydrogen-bond acceptors (Lipinski definition) is 4. The van der Waals surface area contributed by atoms with Crippen molar-refractivity contribution in [2.45, 2.75) is 0 Å². The first-order valence-electron chi connectivity index (χ1n) is 8.55. The number of hydrogen-bond donors (Lipinski definition) is 1. The molecule has 0 aromatic heterocycles. The van der Waals surface area contributed by atoms with E-state index in [1.165, 1.54) is 6.07 Å². The number of nitrogens with one attached hydrogen (secondary N) is 1. The zero-order chi connectivity index (χ0) is 19.4. The Morgan fingerprint density at radius 2 is 1.96 bits per heavy atom. The van der Waals surface area contributed by atoms with Gasteiger partial charge in [0.1, 0.15) is 17.7 Å². The normalized spacial score (nSPS) is 16.2. The maximum atomic E-state index is 14.2. The van der Waals surface area contributed by atoms with Gasteiger partial charge in [0.2, 0.25) is 0 Å². The van der Waals surface area contributed by atoms with Crippen molar-refractivity contribution < 1.29 is 9.18 Å². The predicted octanol–water partition coefficient (Wildman–Crippen LogP) is 2.86. The summed E-state index contributed by atoms with van der Waals surface area (Å²) in [7, 11) is 3.89. The van der Waals surface area contributed by atoms with E-state index in [2.05, 4.69) is 15.2 Å². The molecule has 0 aliphatic carbocycles. The molecule has 138 valence electrons. The van der Waals surface area contributed by atoms with Crippen LogP contribution in [0, 0.1) is 17.1 Å². The van der Waals surface area contributed by atoms with Crippen molar-refractivity contribution in [3.05, 3.63) is 59.4 Å². The lowest BCUT2D eigenvalue weighted by Crippen LogP contribution is -2.46. The highest BCUT2D eigenvalue weighted by Gasteiger charge is 2.20. The van der Waals surface area contributed by atoms with E-state index in [1.807, 2.05) is 25.1 Å². The molecule has 1 amide bonds. The number of halogens is 1. The highest BCUT2D eigenvalue weighted by Crippen LogP contribution is 2.25. The predicted molar refractivity (Wildman–Crippen MR) is 103 cm³/mol. The number of benzene rings is 2. The maximum absolute atomic E-state index is 14.2. The molecule has 0 unspecified atom stereocenters. The number of carbonyl (C=O) groups excluding carboxylic acids is 1. The minimum Gasteiger partial charge on any atom is -0.361 e. The van der Waals surface area contributed by atoms with Crippen LogP contribution >= 0.6 is 0 Å². The minimum atomic E-state index is -0.695. The molecule has 0 bridgehead atoms. The number of carbonyl (C=O) groups is 1. The van der Waals surface area contributed by atoms with Crippen LogP contribution in [0.4, 0.5) is 15.8 Å². The molecule has 2 aromatic carbocycles. The number of rotatable bonds is 3. The van der Waals surface area contributed by atoms with E-state index in [0.717, 1.165) is 25.0 Å². The molecule has 6 nitrogen and oxygen atoms in total. The maximum Gasteiger partial charge on any atom is 0.257 e. The van der Waals surface area contributed by atoms with Gasteiger partial charge in [-0.25, -0.2) is 9.38 Å². The Morgan fingerprint density at radius 3 is 2.67 bits per heavy atom. The van der Waals surface area contributed by atoms with E-state index in [4.69, 9.17) is 5.26 Å². The number of amides is 1. The van der Waals surface area contributed by atoms with Crippen LogP contribution in [0.1, 0.15) is 15.9 Å². The van der Waals surface area contributed by atoms with E-state index in [0.29, 0.717) is 12.2 Å². The van der Waals surface area contributed by atoms with Crippen molar-refractivity contribution in [1.29, 1.82) is 5.26 Å². The van der Waals surface area contributed by atoms with Crippen LogP contribution in [0.25, 0.3) is 0 Å². The van der Waals surface area contributed by atoms with Gasteiger partial charge in [0.15, 0.2) is 0 Å². The summed E-state index contributed by atoms with van der Waals surface area (Å²) in [6.07, 6.45) is 0. The van der Waals surface area contributed by atoms with Gasteiger partial charge < -0.3 is 10.2 Å². The molecule has 0 atom stereocenters. The topological polar surface area (TPSA) is 71.7 Å². The molecule has 27 heavy (non-hydrogen) atoms. The third-order valence-corrected chi connectivity index (χ3v) is 4.40. The molecule has 1 aliphatic rings. The van der Waals surface area contributed by atoms with Gasteiger partial charge >= 0.3 is 0 Å². The number of aliphatic imine (C=N–C) groups is 1. The first-order chi connectivity index (χ1) is 13.0. The largest absolute Gasteiger partial charge is 0.361 e. The number of nitrogens with zero attached hydrogens (tertiary/aromatic N) is 4. The van der Waals surface area contributed by atoms with E-state index < -0.39 is 11.7 Å². The highest BCUT2D eigenvalue weighted by molar-refractivity contribution is 6.08. The fraction of sp³-hybridized carbons (Fsp3) is 0.250. The lowest BCUT2D eigenvalue weighted by molar-refractivity contribution is 0.102. The third kappa shape index (κ3) is 4.30. The summed E-state index contributed by atoms with van der Waals surface area (Å²) in [6.45, 7) is 2.29. The van der Waals surface area contributed by atoms with Gasteiger partial charge in [0.05, 0.1) is 23.4 Å². The van der Waals surface area contributed by atoms with Gasteiger partial charge in [-0.1, -0.05) is 18.2 Å². The fourth-order valence-electron chi connectivity index (χ4n) is 2.79. The van der Waals surface area contributed by atoms with Crippen molar-refractivity contribution in [2.75, 3.05) is 39.0 Å². The summed E-state index contributed by atoms with van der Waals surface area (Å²) in [5, 5.41) is 11.9. The van der Waals surface area contributed by atoms with E-state index >= 15 is 0 Å². The first kappa shape index (κ1) is 18.5. The molecular weight excluding hydrogens is 345 g/mol. The highest BCUT2D eigenvalue weighted by atomic mass is 19.1. The molecule has 7 heteroatoms. The molecule has 2 aromatic rings. The Morgan fingerprint density at radius 1 is 1.22 bits per heavy atom. The van der Waals surface area contributed by atoms with Crippen LogP contribution in [-0.4, -0.2) is 55.3 Å². The summed E-state index contributed by atoms with van der Waals surface area (Å²) >= 11 is 0. The van der Waals surface area contributed by atoms with Crippen molar-refractivity contribution in [1.82, 2.24) is 9.80 Å². The average molecular weight is 365 g/mol. The smallest absolute Gasteiger partial charge is 0.257 e. The van der Waals surface area contributed by atoms with Gasteiger partial charge in [-0.3, -0.25) is 9.69 Å². The van der Waals surface area contributed by atoms with E-state index in [9.17, 15) is 9.18 Å². The Kier molecular flexibility index (Phi) is 5.48. The van der Waals surface area contributed by atoms with Crippen LogP contribution in [0.3, 0.4) is 0 Å². The van der Waals surface area contributed by atoms with Crippen molar-refractivity contribution in [3.8, 4) is 6.07 Å². The van der Waals surface area contributed by atoms with Gasteiger partial charge in [0, 0.05) is 31.9 Å². The summed E-state index contributed by atoms with van der Waals surface area (Å²) in [4.78, 5) is 21.4. The zero-order valence-electron chi connectivity index (χ0n) is 15.2. The minimum absolute atomic E-state index is 0.158. The number of amidine groups is 1. The van der Waals surface area contributed by atoms with Gasteiger partial charge in [0.25, 0.3) is 5.91 Å². The van der Waals surface area contributed by atoms with Crippen LogP contribution in [-0.2, 0) is 0 Å². The summed E-state index contributed by atoms with van der Waals surface area (Å²) in [6, 6.07) is 13.1. The molecule has 1 N–H and O–H groups in total. The van der Waals surface area contributed by atoms with Gasteiger partial charge in [-0.15, -0.1) is 0 Å². The number of likely N-dealkylation sites (N-methyl/N-ethyl adjacent to an activating group) is 2. The third-order valence-electron chi connectivity index (χ3n) is 4.40. The van der Waals surface area contributed by atoms with Gasteiger partial charge in [-0.05, 0) is 25.2 Å². The molecule has 1 aliphatic heterocycles. The molecule has 1 saturated heterocycles. The summed E-state index contributed by atoms with van der Waals surface area (Å²) in [5.74, 6) is -0.398. The quantitative estimate of drug-likeness (QED) is 0.908. The van der Waals surface area contributed by atoms with E-state index in [1.54, 1.807) is 30.3 Å². The van der Waals surface area contributed by atoms with Crippen LogP contribution in [0.2, 0.25) is 0 Å². The summed E-state index contributed by atoms with van der Waals surface area (Å²) < 4.78 is 14.2. The number of piperazine rings is 1. The molecular formula is C20H20FN5O. The lowest BCUT2D eigenvalue weighted by atomic mass is 10.1. The SMILES string of the molecule is CN1CCN(C)/C(=N\c2cc(F)c(C#N)cc2C(=O)Nc2ccccc2)C1. The molecule has 3 rings (SSSR count). The van der Waals surface area contributed by atoms with Crippen LogP contribution in [0.15, 0.2) is 47.5 Å². The summed E-state index contributed by atoms with van der Waals surface area (Å²) in [5.41, 5.74) is 0.785. The van der Waals surface area contributed by atoms with Crippen molar-refractivity contribution >= 4 is 23.1 Å². The average Bonchev–Trinajstić information content (AvgIpc) is 2.65. The van der Waals surface area contributed by atoms with Crippen LogP contribution in [0.5, 0.6) is 0 Å². The van der Waals surface area contributed by atoms with Gasteiger partial charge in [-0.2, -0.15) is 5.26 Å². The molecule has 0 radical (unpaired) electrons. The molecule has 0 spiro atoms. The molecule has 0 saturated carbocycles. The monoisotopic (exact) mass is 365 g/mol. The van der Waals surface area contributed by atoms with Crippen molar-refractivity contribution in [2.24, 2.45) is 4.99 Å². The number of nitriles is 1. The van der Waals surface area contributed by atoms with Crippen LogP contribution < -0.4 is 5.32 Å². The fourth-order valence-corrected chi connectivity index (χ4v) is 2.79. The second kappa shape index (κ2) is 7.98.